The van der Waals surface area contributed by atoms with Gasteiger partial charge in [0.1, 0.15) is 0 Å². The highest BCUT2D eigenvalue weighted by Gasteiger charge is 2.17. The molecule has 18 heavy (non-hydrogen) atoms. The molecule has 0 spiro atoms. The Bertz CT molecular complexity index is 524. The highest BCUT2D eigenvalue weighted by atomic mass is 15.0. The van der Waals surface area contributed by atoms with E-state index in [1.54, 1.807) is 0 Å². The third-order valence-corrected chi connectivity index (χ3v) is 3.84. The van der Waals surface area contributed by atoms with Gasteiger partial charge >= 0.3 is 0 Å². The van der Waals surface area contributed by atoms with Crippen LogP contribution in [0, 0.1) is 0 Å². The van der Waals surface area contributed by atoms with Crippen molar-refractivity contribution in [1.29, 1.82) is 0 Å². The minimum atomic E-state index is 0.404. The SMILES string of the molecule is C[C@@H](NC1CCNC1)c1cccc2ccccc12. The van der Waals surface area contributed by atoms with Gasteiger partial charge in [0.05, 0.1) is 0 Å². The van der Waals surface area contributed by atoms with Gasteiger partial charge in [-0.3, -0.25) is 0 Å². The summed E-state index contributed by atoms with van der Waals surface area (Å²) in [6.07, 6.45) is 1.23. The first-order chi connectivity index (χ1) is 8.84. The van der Waals surface area contributed by atoms with E-state index in [1.165, 1.54) is 22.8 Å². The first-order valence-corrected chi connectivity index (χ1v) is 6.79. The quantitative estimate of drug-likeness (QED) is 0.862. The minimum absolute atomic E-state index is 0.404. The van der Waals surface area contributed by atoms with Crippen molar-refractivity contribution >= 4 is 10.8 Å². The maximum Gasteiger partial charge on any atom is 0.0301 e. The molecule has 3 rings (SSSR count). The van der Waals surface area contributed by atoms with Gasteiger partial charge in [-0.2, -0.15) is 0 Å². The van der Waals surface area contributed by atoms with E-state index in [0.29, 0.717) is 12.1 Å². The maximum absolute atomic E-state index is 3.72. The monoisotopic (exact) mass is 240 g/mol. The van der Waals surface area contributed by atoms with Crippen LogP contribution in [0.4, 0.5) is 0 Å². The van der Waals surface area contributed by atoms with Crippen molar-refractivity contribution in [2.75, 3.05) is 13.1 Å². The second-order valence-corrected chi connectivity index (χ2v) is 5.15. The van der Waals surface area contributed by atoms with Gasteiger partial charge in [0.15, 0.2) is 0 Å². The molecule has 0 saturated carbocycles. The van der Waals surface area contributed by atoms with Gasteiger partial charge in [0.2, 0.25) is 0 Å². The Balaban J connectivity index is 1.88. The van der Waals surface area contributed by atoms with Gasteiger partial charge in [-0.15, -0.1) is 0 Å². The van der Waals surface area contributed by atoms with Crippen LogP contribution in [0.15, 0.2) is 42.5 Å². The van der Waals surface area contributed by atoms with Crippen molar-refractivity contribution in [2.45, 2.75) is 25.4 Å². The smallest absolute Gasteiger partial charge is 0.0301 e. The van der Waals surface area contributed by atoms with Crippen LogP contribution < -0.4 is 10.6 Å². The summed E-state index contributed by atoms with van der Waals surface area (Å²) in [7, 11) is 0. The summed E-state index contributed by atoms with van der Waals surface area (Å²) in [6, 6.07) is 16.2. The Hall–Kier alpha value is -1.38. The van der Waals surface area contributed by atoms with Crippen LogP contribution in [0.25, 0.3) is 10.8 Å². The van der Waals surface area contributed by atoms with E-state index in [2.05, 4.69) is 60.0 Å². The second-order valence-electron chi connectivity index (χ2n) is 5.15. The Morgan fingerprint density at radius 3 is 2.83 bits per heavy atom. The number of fused-ring (bicyclic) bond motifs is 1. The van der Waals surface area contributed by atoms with Crippen LogP contribution in [0.3, 0.4) is 0 Å². The molecule has 2 aromatic carbocycles. The topological polar surface area (TPSA) is 24.1 Å². The van der Waals surface area contributed by atoms with E-state index in [0.717, 1.165) is 13.1 Å². The van der Waals surface area contributed by atoms with Gasteiger partial charge in [-0.05, 0) is 36.2 Å². The molecule has 1 aliphatic heterocycles. The molecule has 0 aromatic heterocycles. The summed E-state index contributed by atoms with van der Waals surface area (Å²) in [4.78, 5) is 0. The Morgan fingerprint density at radius 1 is 1.17 bits per heavy atom. The van der Waals surface area contributed by atoms with Crippen LogP contribution >= 0.6 is 0 Å². The van der Waals surface area contributed by atoms with Crippen molar-refractivity contribution in [3.63, 3.8) is 0 Å². The van der Waals surface area contributed by atoms with Crippen molar-refractivity contribution in [2.24, 2.45) is 0 Å². The highest BCUT2D eigenvalue weighted by molar-refractivity contribution is 5.86. The molecule has 2 N–H and O–H groups in total. The number of hydrogen-bond donors (Lipinski definition) is 2. The van der Waals surface area contributed by atoms with E-state index in [-0.39, 0.29) is 0 Å². The van der Waals surface area contributed by atoms with Crippen molar-refractivity contribution in [1.82, 2.24) is 10.6 Å². The zero-order valence-corrected chi connectivity index (χ0v) is 10.8. The summed E-state index contributed by atoms with van der Waals surface area (Å²) >= 11 is 0. The Morgan fingerprint density at radius 2 is 2.00 bits per heavy atom. The lowest BCUT2D eigenvalue weighted by Gasteiger charge is -2.20. The molecule has 0 aliphatic carbocycles. The average Bonchev–Trinajstić information content (AvgIpc) is 2.91. The summed E-state index contributed by atoms with van der Waals surface area (Å²) in [5.74, 6) is 0. The number of nitrogens with one attached hydrogen (secondary N) is 2. The first-order valence-electron chi connectivity index (χ1n) is 6.79. The third kappa shape index (κ3) is 2.26. The van der Waals surface area contributed by atoms with Crippen LogP contribution in [0.5, 0.6) is 0 Å². The molecule has 1 fully saturated rings. The van der Waals surface area contributed by atoms with Gasteiger partial charge < -0.3 is 10.6 Å². The lowest BCUT2D eigenvalue weighted by Crippen LogP contribution is -2.33. The molecule has 0 amide bonds. The molecule has 2 nitrogen and oxygen atoms in total. The van der Waals surface area contributed by atoms with E-state index in [4.69, 9.17) is 0 Å². The van der Waals surface area contributed by atoms with Gasteiger partial charge in [0, 0.05) is 18.6 Å². The molecule has 94 valence electrons. The van der Waals surface area contributed by atoms with Crippen molar-refractivity contribution in [3.8, 4) is 0 Å². The zero-order chi connectivity index (χ0) is 12.4. The van der Waals surface area contributed by atoms with Crippen LogP contribution in [-0.2, 0) is 0 Å². The van der Waals surface area contributed by atoms with E-state index in [1.807, 2.05) is 0 Å². The van der Waals surface area contributed by atoms with Crippen molar-refractivity contribution in [3.05, 3.63) is 48.0 Å². The van der Waals surface area contributed by atoms with E-state index >= 15 is 0 Å². The minimum Gasteiger partial charge on any atom is -0.315 e. The third-order valence-electron chi connectivity index (χ3n) is 3.84. The Kier molecular flexibility index (Phi) is 3.31. The molecular formula is C16H20N2. The fourth-order valence-corrected chi connectivity index (χ4v) is 2.87. The molecule has 2 atom stereocenters. The summed E-state index contributed by atoms with van der Waals surface area (Å²) in [5, 5.41) is 9.82. The van der Waals surface area contributed by atoms with Crippen LogP contribution in [-0.4, -0.2) is 19.1 Å². The average molecular weight is 240 g/mol. The molecule has 2 aromatic rings. The Labute approximate surface area is 108 Å². The number of rotatable bonds is 3. The molecule has 0 radical (unpaired) electrons. The van der Waals surface area contributed by atoms with Gasteiger partial charge in [0.25, 0.3) is 0 Å². The van der Waals surface area contributed by atoms with Crippen LogP contribution in [0.1, 0.15) is 24.9 Å². The molecular weight excluding hydrogens is 220 g/mol. The lowest BCUT2D eigenvalue weighted by molar-refractivity contribution is 0.480. The van der Waals surface area contributed by atoms with Gasteiger partial charge in [-0.25, -0.2) is 0 Å². The number of benzene rings is 2. The molecule has 1 heterocycles. The normalized spacial score (nSPS) is 21.3. The summed E-state index contributed by atoms with van der Waals surface area (Å²) in [5.41, 5.74) is 1.40. The zero-order valence-electron chi connectivity index (χ0n) is 10.8. The standard InChI is InChI=1S/C16H20N2/c1-12(18-14-9-10-17-11-14)15-8-4-6-13-5-2-3-7-16(13)15/h2-8,12,14,17-18H,9-11H2,1H3/t12-,14?/m1/s1. The second kappa shape index (κ2) is 5.09. The fourth-order valence-electron chi connectivity index (χ4n) is 2.87. The summed E-state index contributed by atoms with van der Waals surface area (Å²) < 4.78 is 0. The lowest BCUT2D eigenvalue weighted by atomic mass is 9.99. The molecule has 2 heteroatoms. The van der Waals surface area contributed by atoms with E-state index in [9.17, 15) is 0 Å². The molecule has 1 saturated heterocycles. The first kappa shape index (κ1) is 11.7. The highest BCUT2D eigenvalue weighted by Crippen LogP contribution is 2.24. The van der Waals surface area contributed by atoms with E-state index < -0.39 is 0 Å². The maximum atomic E-state index is 3.72. The number of hydrogen-bond acceptors (Lipinski definition) is 2. The molecule has 1 unspecified atom stereocenters. The van der Waals surface area contributed by atoms with Gasteiger partial charge in [-0.1, -0.05) is 42.5 Å². The predicted octanol–water partition coefficient (Wildman–Crippen LogP) is 2.85. The predicted molar refractivity (Wildman–Crippen MR) is 76.8 cm³/mol. The summed E-state index contributed by atoms with van der Waals surface area (Å²) in [6.45, 7) is 4.50. The van der Waals surface area contributed by atoms with Crippen LogP contribution in [0.2, 0.25) is 0 Å². The van der Waals surface area contributed by atoms with Crippen molar-refractivity contribution < 1.29 is 0 Å². The fraction of sp³-hybridized carbons (Fsp3) is 0.375. The largest absolute Gasteiger partial charge is 0.315 e. The molecule has 1 aliphatic rings. The molecule has 0 bridgehead atoms.